The first-order chi connectivity index (χ1) is 6.29. The third-order valence-corrected chi connectivity index (χ3v) is 1.71. The minimum absolute atomic E-state index is 0.276. The number of hydrogen-bond donors (Lipinski definition) is 4. The van der Waals surface area contributed by atoms with Crippen LogP contribution < -0.4 is 16.0 Å². The number of aliphatic hydroxyl groups excluding tert-OH is 1. The molecular weight excluding hydrogens is 168 g/mol. The molecule has 1 aliphatic heterocycles. The van der Waals surface area contributed by atoms with E-state index in [9.17, 15) is 0 Å². The number of nitrogens with one attached hydrogen (secondary N) is 3. The average molecular weight is 186 g/mol. The van der Waals surface area contributed by atoms with Crippen LogP contribution in [0.5, 0.6) is 0 Å². The highest BCUT2D eigenvalue weighted by Crippen LogP contribution is 1.79. The number of aliphatic imine (C=N–C) groups is 1. The highest BCUT2D eigenvalue weighted by atomic mass is 16.3. The fourth-order valence-corrected chi connectivity index (χ4v) is 1.10. The van der Waals surface area contributed by atoms with Gasteiger partial charge in [-0.3, -0.25) is 4.99 Å². The van der Waals surface area contributed by atoms with Crippen LogP contribution in [-0.4, -0.2) is 49.9 Å². The minimum atomic E-state index is -0.276. The second kappa shape index (κ2) is 5.77. The lowest BCUT2D eigenvalue weighted by molar-refractivity contribution is 0.192. The summed E-state index contributed by atoms with van der Waals surface area (Å²) in [6, 6.07) is 0. The molecule has 0 aromatic rings. The van der Waals surface area contributed by atoms with Crippen molar-refractivity contribution in [1.29, 1.82) is 0 Å². The van der Waals surface area contributed by atoms with Crippen molar-refractivity contribution in [2.75, 3.05) is 32.7 Å². The fourth-order valence-electron chi connectivity index (χ4n) is 1.10. The molecule has 0 radical (unpaired) electrons. The maximum Gasteiger partial charge on any atom is 0.191 e. The molecule has 13 heavy (non-hydrogen) atoms. The topological polar surface area (TPSA) is 68.7 Å². The van der Waals surface area contributed by atoms with E-state index in [1.807, 2.05) is 0 Å². The molecule has 0 amide bonds. The van der Waals surface area contributed by atoms with Crippen LogP contribution in [-0.2, 0) is 0 Å². The molecule has 76 valence electrons. The number of rotatable bonds is 5. The van der Waals surface area contributed by atoms with Crippen molar-refractivity contribution >= 4 is 5.96 Å². The van der Waals surface area contributed by atoms with Gasteiger partial charge in [-0.1, -0.05) is 0 Å². The Kier molecular flexibility index (Phi) is 4.56. The molecule has 5 nitrogen and oxygen atoms in total. The zero-order valence-corrected chi connectivity index (χ0v) is 8.01. The molecule has 1 heterocycles. The molecule has 0 bridgehead atoms. The van der Waals surface area contributed by atoms with Gasteiger partial charge < -0.3 is 21.1 Å². The molecule has 0 spiro atoms. The van der Waals surface area contributed by atoms with Gasteiger partial charge in [0.25, 0.3) is 0 Å². The maximum absolute atomic E-state index is 8.94. The summed E-state index contributed by atoms with van der Waals surface area (Å²) in [6.07, 6.45) is -0.276. The van der Waals surface area contributed by atoms with Crippen LogP contribution in [0, 0.1) is 0 Å². The Morgan fingerprint density at radius 1 is 1.62 bits per heavy atom. The van der Waals surface area contributed by atoms with Crippen molar-refractivity contribution in [2.45, 2.75) is 13.0 Å². The normalized spacial score (nSPS) is 17.8. The van der Waals surface area contributed by atoms with E-state index >= 15 is 0 Å². The summed E-state index contributed by atoms with van der Waals surface area (Å²) < 4.78 is 0. The summed E-state index contributed by atoms with van der Waals surface area (Å²) in [5.41, 5.74) is 0. The number of guanidine groups is 1. The van der Waals surface area contributed by atoms with Gasteiger partial charge in [0.15, 0.2) is 5.96 Å². The molecule has 5 heteroatoms. The molecule has 0 aromatic heterocycles. The lowest BCUT2D eigenvalue weighted by atomic mass is 10.4. The maximum atomic E-state index is 8.94. The molecule has 4 N–H and O–H groups in total. The first kappa shape index (κ1) is 10.3. The van der Waals surface area contributed by atoms with E-state index in [0.29, 0.717) is 6.54 Å². The summed E-state index contributed by atoms with van der Waals surface area (Å²) in [4.78, 5) is 4.19. The van der Waals surface area contributed by atoms with Gasteiger partial charge in [0.1, 0.15) is 0 Å². The van der Waals surface area contributed by atoms with Crippen LogP contribution in [0.2, 0.25) is 0 Å². The molecule has 0 aliphatic carbocycles. The number of nitrogens with zero attached hydrogens (tertiary/aromatic N) is 1. The van der Waals surface area contributed by atoms with Crippen LogP contribution in [0.1, 0.15) is 6.92 Å². The van der Waals surface area contributed by atoms with Crippen molar-refractivity contribution in [3.05, 3.63) is 0 Å². The first-order valence-corrected chi connectivity index (χ1v) is 4.70. The summed E-state index contributed by atoms with van der Waals surface area (Å²) in [7, 11) is 0. The molecule has 1 atom stereocenters. The van der Waals surface area contributed by atoms with Crippen molar-refractivity contribution in [1.82, 2.24) is 16.0 Å². The van der Waals surface area contributed by atoms with Gasteiger partial charge in [-0.15, -0.1) is 0 Å². The van der Waals surface area contributed by atoms with Crippen molar-refractivity contribution in [3.8, 4) is 0 Å². The van der Waals surface area contributed by atoms with Gasteiger partial charge in [-0.2, -0.15) is 0 Å². The predicted molar refractivity (Wildman–Crippen MR) is 52.9 cm³/mol. The zero-order chi connectivity index (χ0) is 9.52. The van der Waals surface area contributed by atoms with Gasteiger partial charge in [0, 0.05) is 26.2 Å². The van der Waals surface area contributed by atoms with E-state index in [1.165, 1.54) is 0 Å². The first-order valence-electron chi connectivity index (χ1n) is 4.70. The van der Waals surface area contributed by atoms with Crippen LogP contribution in [0.25, 0.3) is 0 Å². The van der Waals surface area contributed by atoms with E-state index in [0.717, 1.165) is 32.1 Å². The van der Waals surface area contributed by atoms with Crippen LogP contribution in [0.3, 0.4) is 0 Å². The van der Waals surface area contributed by atoms with Crippen LogP contribution >= 0.6 is 0 Å². The van der Waals surface area contributed by atoms with E-state index in [-0.39, 0.29) is 6.10 Å². The minimum Gasteiger partial charge on any atom is -0.392 e. The number of aliphatic hydroxyl groups is 1. The van der Waals surface area contributed by atoms with Gasteiger partial charge in [0.05, 0.1) is 12.6 Å². The third-order valence-electron chi connectivity index (χ3n) is 1.71. The standard InChI is InChI=1S/C8H18N4O/c1-7(13)6-9-2-3-10-8-11-4-5-12-8/h7,9,13H,2-6H2,1H3,(H2,10,11,12). The van der Waals surface area contributed by atoms with Crippen molar-refractivity contribution < 1.29 is 5.11 Å². The van der Waals surface area contributed by atoms with Gasteiger partial charge in [0.2, 0.25) is 0 Å². The summed E-state index contributed by atoms with van der Waals surface area (Å²) in [6.45, 7) is 5.88. The van der Waals surface area contributed by atoms with E-state index in [1.54, 1.807) is 6.92 Å². The van der Waals surface area contributed by atoms with Gasteiger partial charge >= 0.3 is 0 Å². The van der Waals surface area contributed by atoms with E-state index in [4.69, 9.17) is 5.11 Å². The largest absolute Gasteiger partial charge is 0.392 e. The SMILES string of the molecule is CC(O)CNCCNC1=NCCN1. The molecule has 0 saturated carbocycles. The Bertz CT molecular complexity index is 170. The van der Waals surface area contributed by atoms with E-state index < -0.39 is 0 Å². The number of hydrogen-bond acceptors (Lipinski definition) is 5. The second-order valence-electron chi connectivity index (χ2n) is 3.14. The zero-order valence-electron chi connectivity index (χ0n) is 8.01. The molecule has 0 saturated heterocycles. The monoisotopic (exact) mass is 186 g/mol. The highest BCUT2D eigenvalue weighted by molar-refractivity contribution is 5.81. The van der Waals surface area contributed by atoms with Gasteiger partial charge in [-0.05, 0) is 6.92 Å². The van der Waals surface area contributed by atoms with E-state index in [2.05, 4.69) is 20.9 Å². The quantitative estimate of drug-likeness (QED) is 0.395. The Labute approximate surface area is 78.6 Å². The molecule has 1 unspecified atom stereocenters. The van der Waals surface area contributed by atoms with Crippen LogP contribution in [0.4, 0.5) is 0 Å². The lowest BCUT2D eigenvalue weighted by Crippen LogP contribution is -2.39. The van der Waals surface area contributed by atoms with Gasteiger partial charge in [-0.25, -0.2) is 0 Å². The highest BCUT2D eigenvalue weighted by Gasteiger charge is 2.02. The molecule has 0 aromatic carbocycles. The Morgan fingerprint density at radius 2 is 2.46 bits per heavy atom. The molecule has 1 rings (SSSR count). The summed E-state index contributed by atoms with van der Waals surface area (Å²) >= 11 is 0. The predicted octanol–water partition coefficient (Wildman–Crippen LogP) is -1.49. The molecule has 1 aliphatic rings. The van der Waals surface area contributed by atoms with Crippen molar-refractivity contribution in [3.63, 3.8) is 0 Å². The van der Waals surface area contributed by atoms with Crippen molar-refractivity contribution in [2.24, 2.45) is 4.99 Å². The summed E-state index contributed by atoms with van der Waals surface area (Å²) in [5, 5.41) is 18.3. The van der Waals surface area contributed by atoms with Crippen LogP contribution in [0.15, 0.2) is 4.99 Å². The summed E-state index contributed by atoms with van der Waals surface area (Å²) in [5.74, 6) is 0.888. The molecular formula is C8H18N4O. The third kappa shape index (κ3) is 4.69. The second-order valence-corrected chi connectivity index (χ2v) is 3.14. The Hall–Kier alpha value is -0.810. The fraction of sp³-hybridized carbons (Fsp3) is 0.875. The Balaban J connectivity index is 1.89. The Morgan fingerprint density at radius 3 is 3.08 bits per heavy atom. The average Bonchev–Trinajstić information content (AvgIpc) is 2.55. The lowest BCUT2D eigenvalue weighted by Gasteiger charge is -2.08. The molecule has 0 fully saturated rings. The smallest absolute Gasteiger partial charge is 0.191 e.